The van der Waals surface area contributed by atoms with Gasteiger partial charge in [0.1, 0.15) is 11.8 Å². The number of nitrogens with zero attached hydrogens (tertiary/aromatic N) is 3. The molecule has 0 spiro atoms. The van der Waals surface area contributed by atoms with Crippen molar-refractivity contribution < 1.29 is 9.53 Å². The predicted molar refractivity (Wildman–Crippen MR) is 110 cm³/mol. The first-order valence-electron chi connectivity index (χ1n) is 9.21. The molecule has 5 nitrogen and oxygen atoms in total. The summed E-state index contributed by atoms with van der Waals surface area (Å²) in [6.45, 7) is 6.88. The number of benzene rings is 2. The Morgan fingerprint density at radius 3 is 2.48 bits per heavy atom. The number of carbonyl (C=O) groups excluding carboxylic acids is 1. The van der Waals surface area contributed by atoms with Crippen LogP contribution in [-0.4, -0.2) is 54.5 Å². The molecular weight excluding hydrogens is 406 g/mol. The third kappa shape index (κ3) is 4.79. The first-order valence-corrected chi connectivity index (χ1v) is 10.0. The average Bonchev–Trinajstić information content (AvgIpc) is 2.67. The van der Waals surface area contributed by atoms with Crippen molar-refractivity contribution in [1.29, 1.82) is 5.26 Å². The predicted octanol–water partition coefficient (Wildman–Crippen LogP) is 3.67. The van der Waals surface area contributed by atoms with Crippen molar-refractivity contribution in [3.63, 3.8) is 0 Å². The van der Waals surface area contributed by atoms with Crippen LogP contribution in [0.4, 0.5) is 0 Å². The van der Waals surface area contributed by atoms with Gasteiger partial charge in [-0.15, -0.1) is 0 Å². The minimum absolute atomic E-state index is 0.0105. The van der Waals surface area contributed by atoms with Crippen molar-refractivity contribution in [2.45, 2.75) is 19.9 Å². The molecule has 0 radical (unpaired) electrons. The Morgan fingerprint density at radius 1 is 1.15 bits per heavy atom. The first kappa shape index (κ1) is 19.7. The SMILES string of the molecule is CC(C)C(C#N)N1CCN(C(=O)COc2ccc3cc(Br)ccc3c2)CC1. The molecule has 1 aliphatic rings. The molecular formula is C21H24BrN3O2. The molecule has 1 aliphatic heterocycles. The van der Waals surface area contributed by atoms with Crippen LogP contribution in [0.2, 0.25) is 0 Å². The van der Waals surface area contributed by atoms with Crippen molar-refractivity contribution in [1.82, 2.24) is 9.80 Å². The van der Waals surface area contributed by atoms with E-state index in [0.29, 0.717) is 18.8 Å². The molecule has 1 heterocycles. The molecule has 1 fully saturated rings. The highest BCUT2D eigenvalue weighted by atomic mass is 79.9. The smallest absolute Gasteiger partial charge is 0.260 e. The van der Waals surface area contributed by atoms with Crippen LogP contribution in [0, 0.1) is 17.2 Å². The Bertz CT molecular complexity index is 854. The van der Waals surface area contributed by atoms with Gasteiger partial charge in [-0.3, -0.25) is 9.69 Å². The van der Waals surface area contributed by atoms with Crippen LogP contribution >= 0.6 is 15.9 Å². The lowest BCUT2D eigenvalue weighted by Crippen LogP contribution is -2.53. The summed E-state index contributed by atoms with van der Waals surface area (Å²) in [6.07, 6.45) is 0. The van der Waals surface area contributed by atoms with E-state index in [9.17, 15) is 10.1 Å². The molecule has 1 atom stereocenters. The summed E-state index contributed by atoms with van der Waals surface area (Å²) in [5.74, 6) is 0.971. The molecule has 1 unspecified atom stereocenters. The number of rotatable bonds is 5. The fraction of sp³-hybridized carbons (Fsp3) is 0.429. The number of hydrogen-bond acceptors (Lipinski definition) is 4. The van der Waals surface area contributed by atoms with Gasteiger partial charge in [-0.05, 0) is 41.0 Å². The molecule has 1 amide bonds. The van der Waals surface area contributed by atoms with Crippen LogP contribution in [0.1, 0.15) is 13.8 Å². The van der Waals surface area contributed by atoms with Crippen LogP contribution in [0.15, 0.2) is 40.9 Å². The molecule has 0 aromatic heterocycles. The summed E-state index contributed by atoms with van der Waals surface area (Å²) in [5.41, 5.74) is 0. The molecule has 27 heavy (non-hydrogen) atoms. The Morgan fingerprint density at radius 2 is 1.81 bits per heavy atom. The second kappa shape index (κ2) is 8.73. The second-order valence-electron chi connectivity index (χ2n) is 7.18. The van der Waals surface area contributed by atoms with Crippen molar-refractivity contribution in [2.75, 3.05) is 32.8 Å². The molecule has 0 bridgehead atoms. The molecule has 3 rings (SSSR count). The molecule has 2 aromatic carbocycles. The molecule has 1 saturated heterocycles. The molecule has 6 heteroatoms. The van der Waals surface area contributed by atoms with Crippen LogP contribution in [0.3, 0.4) is 0 Å². The van der Waals surface area contributed by atoms with E-state index in [1.54, 1.807) is 0 Å². The zero-order valence-electron chi connectivity index (χ0n) is 15.7. The highest BCUT2D eigenvalue weighted by Crippen LogP contribution is 2.24. The van der Waals surface area contributed by atoms with E-state index < -0.39 is 0 Å². The van der Waals surface area contributed by atoms with Crippen LogP contribution in [-0.2, 0) is 4.79 Å². The highest BCUT2D eigenvalue weighted by molar-refractivity contribution is 9.10. The number of nitriles is 1. The van der Waals surface area contributed by atoms with E-state index in [0.717, 1.165) is 28.3 Å². The van der Waals surface area contributed by atoms with Crippen LogP contribution in [0.5, 0.6) is 5.75 Å². The van der Waals surface area contributed by atoms with Gasteiger partial charge in [-0.2, -0.15) is 5.26 Å². The number of ether oxygens (including phenoxy) is 1. The van der Waals surface area contributed by atoms with Gasteiger partial charge in [0.25, 0.3) is 5.91 Å². The van der Waals surface area contributed by atoms with Gasteiger partial charge in [0.05, 0.1) is 6.07 Å². The Hall–Kier alpha value is -2.10. The van der Waals surface area contributed by atoms with Crippen molar-refractivity contribution in [2.24, 2.45) is 5.92 Å². The fourth-order valence-corrected chi connectivity index (χ4v) is 3.80. The monoisotopic (exact) mass is 429 g/mol. The lowest BCUT2D eigenvalue weighted by molar-refractivity contribution is -0.135. The van der Waals surface area contributed by atoms with E-state index in [1.165, 1.54) is 0 Å². The maximum atomic E-state index is 12.5. The minimum Gasteiger partial charge on any atom is -0.484 e. The third-order valence-corrected chi connectivity index (χ3v) is 5.45. The summed E-state index contributed by atoms with van der Waals surface area (Å²) < 4.78 is 6.76. The lowest BCUT2D eigenvalue weighted by Gasteiger charge is -2.38. The summed E-state index contributed by atoms with van der Waals surface area (Å²) in [5, 5.41) is 11.5. The number of amides is 1. The summed E-state index contributed by atoms with van der Waals surface area (Å²) in [7, 11) is 0. The van der Waals surface area contributed by atoms with E-state index in [4.69, 9.17) is 4.74 Å². The number of piperazine rings is 1. The van der Waals surface area contributed by atoms with Gasteiger partial charge < -0.3 is 9.64 Å². The van der Waals surface area contributed by atoms with E-state index in [2.05, 4.69) is 46.8 Å². The third-order valence-electron chi connectivity index (χ3n) is 4.96. The van der Waals surface area contributed by atoms with Gasteiger partial charge in [-0.25, -0.2) is 0 Å². The summed E-state index contributed by atoms with van der Waals surface area (Å²) in [6, 6.07) is 14.2. The van der Waals surface area contributed by atoms with Gasteiger partial charge in [0, 0.05) is 30.7 Å². The van der Waals surface area contributed by atoms with E-state index in [-0.39, 0.29) is 24.5 Å². The molecule has 2 aromatic rings. The number of hydrogen-bond donors (Lipinski definition) is 0. The van der Waals surface area contributed by atoms with E-state index in [1.807, 2.05) is 35.2 Å². The van der Waals surface area contributed by atoms with Gasteiger partial charge in [-0.1, -0.05) is 41.9 Å². The minimum atomic E-state index is -0.0869. The Kier molecular flexibility index (Phi) is 6.35. The quantitative estimate of drug-likeness (QED) is 0.727. The van der Waals surface area contributed by atoms with Crippen LogP contribution in [0.25, 0.3) is 10.8 Å². The maximum Gasteiger partial charge on any atom is 0.260 e. The Labute approximate surface area is 168 Å². The molecule has 142 valence electrons. The van der Waals surface area contributed by atoms with Gasteiger partial charge >= 0.3 is 0 Å². The second-order valence-corrected chi connectivity index (χ2v) is 8.09. The average molecular weight is 430 g/mol. The number of fused-ring (bicyclic) bond motifs is 1. The Balaban J connectivity index is 1.53. The zero-order valence-corrected chi connectivity index (χ0v) is 17.3. The normalized spacial score (nSPS) is 16.3. The van der Waals surface area contributed by atoms with Crippen molar-refractivity contribution in [3.8, 4) is 11.8 Å². The molecule has 0 N–H and O–H groups in total. The number of halogens is 1. The van der Waals surface area contributed by atoms with Crippen LogP contribution < -0.4 is 4.74 Å². The summed E-state index contributed by atoms with van der Waals surface area (Å²) in [4.78, 5) is 16.5. The van der Waals surface area contributed by atoms with Gasteiger partial charge in [0.15, 0.2) is 6.61 Å². The first-order chi connectivity index (χ1) is 13.0. The fourth-order valence-electron chi connectivity index (χ4n) is 3.42. The largest absolute Gasteiger partial charge is 0.484 e. The van der Waals surface area contributed by atoms with Crippen molar-refractivity contribution >= 4 is 32.6 Å². The molecule has 0 aliphatic carbocycles. The zero-order chi connectivity index (χ0) is 19.4. The standard InChI is InChI=1S/C21H24BrN3O2/c1-15(2)20(13-23)24-7-9-25(10-8-24)21(26)14-27-19-6-4-16-11-18(22)5-3-17(16)12-19/h3-6,11-12,15,20H,7-10,14H2,1-2H3. The van der Waals surface area contributed by atoms with E-state index >= 15 is 0 Å². The maximum absolute atomic E-state index is 12.5. The highest BCUT2D eigenvalue weighted by Gasteiger charge is 2.27. The van der Waals surface area contributed by atoms with Gasteiger partial charge in [0.2, 0.25) is 0 Å². The summed E-state index contributed by atoms with van der Waals surface area (Å²) >= 11 is 3.47. The lowest BCUT2D eigenvalue weighted by atomic mass is 10.0. The molecule has 0 saturated carbocycles. The number of carbonyl (C=O) groups is 1. The topological polar surface area (TPSA) is 56.6 Å². The van der Waals surface area contributed by atoms with Crippen molar-refractivity contribution in [3.05, 3.63) is 40.9 Å².